The number of aromatic nitrogens is 2. The van der Waals surface area contributed by atoms with Crippen molar-refractivity contribution in [3.05, 3.63) is 47.9 Å². The highest BCUT2D eigenvalue weighted by molar-refractivity contribution is 6.74. The summed E-state index contributed by atoms with van der Waals surface area (Å²) in [6.45, 7) is 19.0. The maximum Gasteiger partial charge on any atom is 0.410 e. The van der Waals surface area contributed by atoms with Gasteiger partial charge in [-0.3, -0.25) is 4.98 Å². The number of fused-ring (bicyclic) bond motifs is 1. The zero-order chi connectivity index (χ0) is 28.4. The molecule has 39 heavy (non-hydrogen) atoms. The third-order valence-corrected chi connectivity index (χ3v) is 12.7. The number of hydrogen-bond acceptors (Lipinski definition) is 6. The lowest BCUT2D eigenvalue weighted by molar-refractivity contribution is 0.0181. The van der Waals surface area contributed by atoms with Crippen molar-refractivity contribution in [2.45, 2.75) is 97.6 Å². The monoisotopic (exact) mass is 551 g/mol. The van der Waals surface area contributed by atoms with E-state index in [0.717, 1.165) is 72.1 Å². The molecule has 0 bridgehead atoms. The molecule has 1 amide bonds. The molecule has 0 spiro atoms. The van der Waals surface area contributed by atoms with Gasteiger partial charge in [0.15, 0.2) is 13.9 Å². The van der Waals surface area contributed by atoms with E-state index in [1.165, 1.54) is 0 Å². The molecular formula is C31H45N3O4Si. The highest BCUT2D eigenvalue weighted by atomic mass is 28.4. The second-order valence-electron chi connectivity index (χ2n) is 13.3. The molecular weight excluding hydrogens is 506 g/mol. The van der Waals surface area contributed by atoms with Crippen molar-refractivity contribution in [1.82, 2.24) is 15.0 Å². The van der Waals surface area contributed by atoms with Crippen molar-refractivity contribution in [2.24, 2.45) is 5.92 Å². The van der Waals surface area contributed by atoms with E-state index in [2.05, 4.69) is 62.2 Å². The number of carbonyl (C=O) groups excluding carboxylic acids is 1. The van der Waals surface area contributed by atoms with Gasteiger partial charge in [-0.15, -0.1) is 0 Å². The highest BCUT2D eigenvalue weighted by Crippen LogP contribution is 2.39. The first-order valence-corrected chi connectivity index (χ1v) is 17.1. The number of benzene rings is 1. The SMILES string of the molecule is CC(C)(C)OC(=O)N1CCC(CCc2noc3c(CO[Si](C)(C)C(C)(C)C)c(-c4cccnc4)ccc23)CC1. The molecule has 0 N–H and O–H groups in total. The zero-order valence-corrected chi connectivity index (χ0v) is 26.0. The summed E-state index contributed by atoms with van der Waals surface area (Å²) in [6, 6.07) is 8.32. The fraction of sp³-hybridized carbons (Fsp3) is 0.581. The molecule has 0 saturated carbocycles. The van der Waals surface area contributed by atoms with Gasteiger partial charge >= 0.3 is 6.09 Å². The van der Waals surface area contributed by atoms with E-state index >= 15 is 0 Å². The summed E-state index contributed by atoms with van der Waals surface area (Å²) in [5.74, 6) is 0.548. The number of amides is 1. The van der Waals surface area contributed by atoms with Crippen LogP contribution in [0, 0.1) is 5.92 Å². The Bertz CT molecular complexity index is 1270. The number of aryl methyl sites for hydroxylation is 1. The molecule has 4 rings (SSSR count). The van der Waals surface area contributed by atoms with Gasteiger partial charge in [-0.25, -0.2) is 4.79 Å². The van der Waals surface area contributed by atoms with Crippen molar-refractivity contribution in [3.63, 3.8) is 0 Å². The molecule has 3 aromatic rings. The van der Waals surface area contributed by atoms with Crippen LogP contribution in [0.4, 0.5) is 4.79 Å². The van der Waals surface area contributed by atoms with Gasteiger partial charge in [-0.05, 0) is 88.2 Å². The Labute approximate surface area is 234 Å². The summed E-state index contributed by atoms with van der Waals surface area (Å²) in [6.07, 6.45) is 7.29. The first-order chi connectivity index (χ1) is 18.2. The molecule has 212 valence electrons. The van der Waals surface area contributed by atoms with Crippen LogP contribution in [0.15, 0.2) is 41.2 Å². The third kappa shape index (κ3) is 7.08. The lowest BCUT2D eigenvalue weighted by Crippen LogP contribution is -2.41. The maximum absolute atomic E-state index is 12.4. The minimum Gasteiger partial charge on any atom is -0.444 e. The molecule has 1 fully saturated rings. The number of hydrogen-bond donors (Lipinski definition) is 0. The average molecular weight is 552 g/mol. The van der Waals surface area contributed by atoms with Gasteiger partial charge in [0.25, 0.3) is 0 Å². The minimum atomic E-state index is -1.97. The van der Waals surface area contributed by atoms with Gasteiger partial charge in [0.1, 0.15) is 5.60 Å². The highest BCUT2D eigenvalue weighted by Gasteiger charge is 2.37. The lowest BCUT2D eigenvalue weighted by atomic mass is 9.91. The quantitative estimate of drug-likeness (QED) is 0.277. The zero-order valence-electron chi connectivity index (χ0n) is 25.0. The average Bonchev–Trinajstić information content (AvgIpc) is 3.28. The first kappa shape index (κ1) is 29.3. The number of pyridine rings is 1. The van der Waals surface area contributed by atoms with Crippen LogP contribution in [0.25, 0.3) is 22.1 Å². The van der Waals surface area contributed by atoms with E-state index < -0.39 is 13.9 Å². The van der Waals surface area contributed by atoms with E-state index in [4.69, 9.17) is 13.7 Å². The molecule has 0 unspecified atom stereocenters. The van der Waals surface area contributed by atoms with Crippen LogP contribution in [0.1, 0.15) is 72.1 Å². The molecule has 0 atom stereocenters. The fourth-order valence-corrected chi connectivity index (χ4v) is 5.70. The number of piperidine rings is 1. The molecule has 2 aromatic heterocycles. The molecule has 0 radical (unpaired) electrons. The third-order valence-electron chi connectivity index (χ3n) is 8.23. The topological polar surface area (TPSA) is 77.7 Å². The summed E-state index contributed by atoms with van der Waals surface area (Å²) in [5, 5.41) is 5.70. The van der Waals surface area contributed by atoms with E-state index in [1.807, 2.05) is 37.9 Å². The molecule has 8 heteroatoms. The largest absolute Gasteiger partial charge is 0.444 e. The van der Waals surface area contributed by atoms with Gasteiger partial charge < -0.3 is 18.6 Å². The number of rotatable bonds is 7. The van der Waals surface area contributed by atoms with Crippen molar-refractivity contribution in [3.8, 4) is 11.1 Å². The van der Waals surface area contributed by atoms with Crippen molar-refractivity contribution in [1.29, 1.82) is 0 Å². The number of carbonyl (C=O) groups is 1. The molecule has 7 nitrogen and oxygen atoms in total. The number of nitrogens with zero attached hydrogens (tertiary/aromatic N) is 3. The molecule has 1 aliphatic rings. The summed E-state index contributed by atoms with van der Waals surface area (Å²) >= 11 is 0. The number of ether oxygens (including phenoxy) is 1. The second-order valence-corrected chi connectivity index (χ2v) is 18.1. The fourth-order valence-electron chi connectivity index (χ4n) is 4.77. The van der Waals surface area contributed by atoms with Gasteiger partial charge in [-0.1, -0.05) is 38.1 Å². The van der Waals surface area contributed by atoms with Crippen molar-refractivity contribution < 1.29 is 18.5 Å². The summed E-state index contributed by atoms with van der Waals surface area (Å²) < 4.78 is 18.2. The van der Waals surface area contributed by atoms with Gasteiger partial charge in [0.05, 0.1) is 12.3 Å². The first-order valence-electron chi connectivity index (χ1n) is 14.2. The van der Waals surface area contributed by atoms with Crippen LogP contribution in [0.5, 0.6) is 0 Å². The number of likely N-dealkylation sites (tertiary alicyclic amines) is 1. The second kappa shape index (κ2) is 11.4. The predicted molar refractivity (Wildman–Crippen MR) is 158 cm³/mol. The summed E-state index contributed by atoms with van der Waals surface area (Å²) in [5.41, 5.74) is 4.49. The molecule has 1 aliphatic heterocycles. The van der Waals surface area contributed by atoms with Crippen LogP contribution >= 0.6 is 0 Å². The van der Waals surface area contributed by atoms with E-state index in [9.17, 15) is 4.79 Å². The Hall–Kier alpha value is -2.71. The normalized spacial score (nSPS) is 15.6. The van der Waals surface area contributed by atoms with Gasteiger partial charge in [0.2, 0.25) is 0 Å². The Morgan fingerprint density at radius 3 is 2.44 bits per heavy atom. The Morgan fingerprint density at radius 1 is 1.10 bits per heavy atom. The van der Waals surface area contributed by atoms with Crippen LogP contribution in [0.3, 0.4) is 0 Å². The molecule has 1 aromatic carbocycles. The molecule has 0 aliphatic carbocycles. The van der Waals surface area contributed by atoms with E-state index in [1.54, 1.807) is 6.20 Å². The van der Waals surface area contributed by atoms with Crippen molar-refractivity contribution >= 4 is 25.4 Å². The van der Waals surface area contributed by atoms with Gasteiger partial charge in [0, 0.05) is 42.0 Å². The van der Waals surface area contributed by atoms with Crippen LogP contribution in [-0.2, 0) is 22.2 Å². The Balaban J connectivity index is 1.49. The van der Waals surface area contributed by atoms with Crippen LogP contribution in [0.2, 0.25) is 18.1 Å². The summed E-state index contributed by atoms with van der Waals surface area (Å²) in [7, 11) is -1.97. The van der Waals surface area contributed by atoms with Crippen molar-refractivity contribution in [2.75, 3.05) is 13.1 Å². The van der Waals surface area contributed by atoms with Crippen LogP contribution < -0.4 is 0 Å². The van der Waals surface area contributed by atoms with E-state index in [0.29, 0.717) is 12.5 Å². The maximum atomic E-state index is 12.4. The molecule has 3 heterocycles. The predicted octanol–water partition coefficient (Wildman–Crippen LogP) is 7.99. The lowest BCUT2D eigenvalue weighted by Gasteiger charge is -2.36. The van der Waals surface area contributed by atoms with Gasteiger partial charge in [-0.2, -0.15) is 0 Å². The minimum absolute atomic E-state index is 0.112. The molecule has 1 saturated heterocycles. The van der Waals surface area contributed by atoms with Crippen LogP contribution in [-0.4, -0.2) is 48.1 Å². The summed E-state index contributed by atoms with van der Waals surface area (Å²) in [4.78, 5) is 18.6. The smallest absolute Gasteiger partial charge is 0.410 e. The Kier molecular flexibility index (Phi) is 8.57. The van der Waals surface area contributed by atoms with E-state index in [-0.39, 0.29) is 11.1 Å². The Morgan fingerprint density at radius 2 is 1.82 bits per heavy atom. The standard InChI is InChI=1S/C31H45N3O4Si/c1-30(2,3)37-29(35)34-18-15-22(16-19-34)11-14-27-25-13-12-24(23-10-9-17-32-20-23)26(28(25)38-33-27)21-36-39(7,8)31(4,5)6/h9-10,12-13,17,20,22H,11,14-16,18-19,21H2,1-8H3.